The first kappa shape index (κ1) is 12.4. The quantitative estimate of drug-likeness (QED) is 0.850. The van der Waals surface area contributed by atoms with E-state index in [0.29, 0.717) is 6.04 Å². The van der Waals surface area contributed by atoms with Crippen molar-refractivity contribution < 1.29 is 0 Å². The summed E-state index contributed by atoms with van der Waals surface area (Å²) in [5.74, 6) is 0.835. The summed E-state index contributed by atoms with van der Waals surface area (Å²) in [5, 5.41) is 7.99. The zero-order chi connectivity index (χ0) is 12.4. The monoisotopic (exact) mass is 233 g/mol. The molecule has 2 heterocycles. The summed E-state index contributed by atoms with van der Waals surface area (Å²) >= 11 is 0. The first-order valence-electron chi connectivity index (χ1n) is 6.49. The largest absolute Gasteiger partial charge is 0.310 e. The summed E-state index contributed by atoms with van der Waals surface area (Å²) in [4.78, 5) is 0. The van der Waals surface area contributed by atoms with E-state index in [1.807, 2.05) is 11.7 Å². The molecule has 0 bridgehead atoms. The van der Waals surface area contributed by atoms with Gasteiger partial charge in [0.1, 0.15) is 0 Å². The van der Waals surface area contributed by atoms with Gasteiger partial charge >= 0.3 is 0 Å². The number of aromatic nitrogens is 2. The number of nitrogens with one attached hydrogen (secondary N) is 1. The second kappa shape index (κ2) is 5.05. The lowest BCUT2D eigenvalue weighted by molar-refractivity contribution is 0.357. The predicted molar refractivity (Wildman–Crippen MR) is 71.9 cm³/mol. The number of rotatable bonds is 2. The Labute approximate surface area is 104 Å². The van der Waals surface area contributed by atoms with Gasteiger partial charge in [0.2, 0.25) is 0 Å². The predicted octanol–water partition coefficient (Wildman–Crippen LogP) is 2.44. The minimum atomic E-state index is 0.526. The molecule has 3 heteroatoms. The molecule has 0 aliphatic carbocycles. The molecule has 2 atom stereocenters. The van der Waals surface area contributed by atoms with Crippen LogP contribution in [0.2, 0.25) is 0 Å². The molecule has 1 N–H and O–H groups in total. The van der Waals surface area contributed by atoms with Crippen LogP contribution in [0, 0.1) is 19.8 Å². The van der Waals surface area contributed by atoms with Gasteiger partial charge in [0.25, 0.3) is 0 Å². The fourth-order valence-electron chi connectivity index (χ4n) is 2.54. The Hall–Kier alpha value is -1.09. The molecule has 0 spiro atoms. The van der Waals surface area contributed by atoms with Gasteiger partial charge in [-0.2, -0.15) is 5.10 Å². The summed E-state index contributed by atoms with van der Waals surface area (Å²) in [5.41, 5.74) is 3.63. The van der Waals surface area contributed by atoms with E-state index in [0.717, 1.165) is 18.2 Å². The summed E-state index contributed by atoms with van der Waals surface area (Å²) in [7, 11) is 2.00. The number of aryl methyl sites for hydroxylation is 2. The summed E-state index contributed by atoms with van der Waals surface area (Å²) < 4.78 is 1.95. The Bertz CT molecular complexity index is 417. The van der Waals surface area contributed by atoms with Crippen LogP contribution in [0.1, 0.15) is 36.7 Å². The van der Waals surface area contributed by atoms with Crippen LogP contribution in [0.25, 0.3) is 6.08 Å². The van der Waals surface area contributed by atoms with Crippen LogP contribution in [0.4, 0.5) is 0 Å². The van der Waals surface area contributed by atoms with Gasteiger partial charge in [-0.25, -0.2) is 0 Å². The minimum Gasteiger partial charge on any atom is -0.310 e. The van der Waals surface area contributed by atoms with Crippen molar-refractivity contribution in [3.8, 4) is 0 Å². The molecule has 2 rings (SSSR count). The van der Waals surface area contributed by atoms with Crippen LogP contribution in [0.15, 0.2) is 6.08 Å². The third-order valence-corrected chi connectivity index (χ3v) is 3.76. The summed E-state index contributed by atoms with van der Waals surface area (Å²) in [6.45, 7) is 7.67. The molecule has 17 heavy (non-hydrogen) atoms. The van der Waals surface area contributed by atoms with E-state index in [1.165, 1.54) is 24.1 Å². The third kappa shape index (κ3) is 2.78. The van der Waals surface area contributed by atoms with Crippen molar-refractivity contribution in [2.45, 2.75) is 39.7 Å². The SMILES string of the molecule is Cc1nn(C)c(C)c1/C=C/C1CC(C)CCN1. The van der Waals surface area contributed by atoms with Crippen molar-refractivity contribution in [1.82, 2.24) is 15.1 Å². The van der Waals surface area contributed by atoms with Gasteiger partial charge in [-0.05, 0) is 39.2 Å². The Kier molecular flexibility index (Phi) is 3.67. The number of nitrogens with zero attached hydrogens (tertiary/aromatic N) is 2. The maximum absolute atomic E-state index is 4.43. The standard InChI is InChI=1S/C14H23N3/c1-10-7-8-15-13(9-10)5-6-14-11(2)16-17(4)12(14)3/h5-6,10,13,15H,7-9H2,1-4H3/b6-5+. The highest BCUT2D eigenvalue weighted by molar-refractivity contribution is 5.55. The van der Waals surface area contributed by atoms with E-state index < -0.39 is 0 Å². The molecule has 0 aromatic carbocycles. The van der Waals surface area contributed by atoms with Gasteiger partial charge in [0, 0.05) is 24.3 Å². The van der Waals surface area contributed by atoms with Gasteiger partial charge in [-0.3, -0.25) is 4.68 Å². The van der Waals surface area contributed by atoms with Gasteiger partial charge in [-0.15, -0.1) is 0 Å². The van der Waals surface area contributed by atoms with Crippen LogP contribution in [0.5, 0.6) is 0 Å². The van der Waals surface area contributed by atoms with Crippen molar-refractivity contribution in [1.29, 1.82) is 0 Å². The molecule has 1 fully saturated rings. The number of hydrogen-bond acceptors (Lipinski definition) is 2. The number of hydrogen-bond donors (Lipinski definition) is 1. The average Bonchev–Trinajstić information content (AvgIpc) is 2.51. The molecule has 0 saturated carbocycles. The fourth-order valence-corrected chi connectivity index (χ4v) is 2.54. The highest BCUT2D eigenvalue weighted by Crippen LogP contribution is 2.18. The average molecular weight is 233 g/mol. The lowest BCUT2D eigenvalue weighted by atomic mass is 9.94. The Morgan fingerprint density at radius 2 is 2.18 bits per heavy atom. The van der Waals surface area contributed by atoms with Gasteiger partial charge in [0.15, 0.2) is 0 Å². The van der Waals surface area contributed by atoms with E-state index in [1.54, 1.807) is 0 Å². The van der Waals surface area contributed by atoms with Crippen LogP contribution in [0.3, 0.4) is 0 Å². The van der Waals surface area contributed by atoms with Crippen molar-refractivity contribution in [3.63, 3.8) is 0 Å². The molecule has 94 valence electrons. The lowest BCUT2D eigenvalue weighted by Crippen LogP contribution is -2.35. The van der Waals surface area contributed by atoms with E-state index in [-0.39, 0.29) is 0 Å². The molecular weight excluding hydrogens is 210 g/mol. The Balaban J connectivity index is 2.09. The van der Waals surface area contributed by atoms with Gasteiger partial charge in [-0.1, -0.05) is 19.1 Å². The lowest BCUT2D eigenvalue weighted by Gasteiger charge is -2.25. The van der Waals surface area contributed by atoms with E-state index in [9.17, 15) is 0 Å². The molecule has 1 aromatic rings. The summed E-state index contributed by atoms with van der Waals surface area (Å²) in [6, 6.07) is 0.526. The van der Waals surface area contributed by atoms with Crippen LogP contribution >= 0.6 is 0 Å². The normalized spacial score (nSPS) is 25.6. The van der Waals surface area contributed by atoms with Crippen LogP contribution < -0.4 is 5.32 Å². The second-order valence-electron chi connectivity index (χ2n) is 5.26. The minimum absolute atomic E-state index is 0.526. The zero-order valence-corrected chi connectivity index (χ0v) is 11.3. The molecule has 3 nitrogen and oxygen atoms in total. The molecule has 0 radical (unpaired) electrons. The third-order valence-electron chi connectivity index (χ3n) is 3.76. The van der Waals surface area contributed by atoms with Crippen molar-refractivity contribution in [2.75, 3.05) is 6.54 Å². The van der Waals surface area contributed by atoms with E-state index >= 15 is 0 Å². The molecule has 2 unspecified atom stereocenters. The van der Waals surface area contributed by atoms with Crippen LogP contribution in [-0.2, 0) is 7.05 Å². The maximum Gasteiger partial charge on any atom is 0.0668 e. The Morgan fingerprint density at radius 1 is 1.41 bits per heavy atom. The van der Waals surface area contributed by atoms with Crippen molar-refractivity contribution in [3.05, 3.63) is 23.0 Å². The second-order valence-corrected chi connectivity index (χ2v) is 5.26. The molecule has 1 saturated heterocycles. The Morgan fingerprint density at radius 3 is 2.76 bits per heavy atom. The molecule has 1 aliphatic heterocycles. The smallest absolute Gasteiger partial charge is 0.0668 e. The molecular formula is C14H23N3. The first-order chi connectivity index (χ1) is 8.08. The summed E-state index contributed by atoms with van der Waals surface area (Å²) in [6.07, 6.45) is 7.07. The van der Waals surface area contributed by atoms with Crippen molar-refractivity contribution in [2.24, 2.45) is 13.0 Å². The molecule has 1 aromatic heterocycles. The maximum atomic E-state index is 4.43. The first-order valence-corrected chi connectivity index (χ1v) is 6.49. The molecule has 1 aliphatic rings. The zero-order valence-electron chi connectivity index (χ0n) is 11.3. The van der Waals surface area contributed by atoms with Gasteiger partial charge < -0.3 is 5.32 Å². The van der Waals surface area contributed by atoms with Crippen molar-refractivity contribution >= 4 is 6.08 Å². The molecule has 0 amide bonds. The highest BCUT2D eigenvalue weighted by Gasteiger charge is 2.15. The van der Waals surface area contributed by atoms with E-state index in [2.05, 4.69) is 43.3 Å². The fraction of sp³-hybridized carbons (Fsp3) is 0.643. The van der Waals surface area contributed by atoms with Crippen LogP contribution in [-0.4, -0.2) is 22.4 Å². The topological polar surface area (TPSA) is 29.9 Å². The van der Waals surface area contributed by atoms with Gasteiger partial charge in [0.05, 0.1) is 5.69 Å². The van der Waals surface area contributed by atoms with E-state index in [4.69, 9.17) is 0 Å². The number of piperidine rings is 1. The highest BCUT2D eigenvalue weighted by atomic mass is 15.3.